The summed E-state index contributed by atoms with van der Waals surface area (Å²) in [5, 5.41) is 9.59. The highest BCUT2D eigenvalue weighted by molar-refractivity contribution is 5.68. The Balaban J connectivity index is 2.33. The van der Waals surface area contributed by atoms with E-state index < -0.39 is 5.60 Å². The molecule has 0 aromatic carbocycles. The summed E-state index contributed by atoms with van der Waals surface area (Å²) in [5.41, 5.74) is -0.438. The number of aliphatic hydroxyl groups excluding tert-OH is 1. The molecule has 1 saturated heterocycles. The first-order chi connectivity index (χ1) is 8.31. The molecule has 18 heavy (non-hydrogen) atoms. The first-order valence-corrected chi connectivity index (χ1v) is 6.70. The van der Waals surface area contributed by atoms with Gasteiger partial charge in [0.1, 0.15) is 5.60 Å². The fourth-order valence-corrected chi connectivity index (χ4v) is 1.87. The smallest absolute Gasteiger partial charge is 0.410 e. The van der Waals surface area contributed by atoms with Gasteiger partial charge in [-0.2, -0.15) is 0 Å². The van der Waals surface area contributed by atoms with E-state index in [-0.39, 0.29) is 12.2 Å². The van der Waals surface area contributed by atoms with Gasteiger partial charge in [0, 0.05) is 32.7 Å². The van der Waals surface area contributed by atoms with Crippen LogP contribution < -0.4 is 0 Å². The topological polar surface area (TPSA) is 53.0 Å². The van der Waals surface area contributed by atoms with E-state index >= 15 is 0 Å². The van der Waals surface area contributed by atoms with Crippen LogP contribution in [0, 0.1) is 0 Å². The number of rotatable bonds is 3. The standard InChI is InChI=1S/C13H26N2O3/c1-5-11(16)10-14-6-8-15(9-7-14)12(17)18-13(2,3)4/h11,16H,5-10H2,1-4H3/t11-/m0/s1. The molecule has 1 atom stereocenters. The molecule has 1 rings (SSSR count). The molecule has 1 fully saturated rings. The van der Waals surface area contributed by atoms with Gasteiger partial charge in [-0.1, -0.05) is 6.92 Å². The second-order valence-electron chi connectivity index (χ2n) is 5.83. The molecular weight excluding hydrogens is 232 g/mol. The van der Waals surface area contributed by atoms with E-state index in [1.54, 1.807) is 4.90 Å². The van der Waals surface area contributed by atoms with Crippen LogP contribution in [0.1, 0.15) is 34.1 Å². The lowest BCUT2D eigenvalue weighted by molar-refractivity contribution is 0.0101. The van der Waals surface area contributed by atoms with Crippen LogP contribution in [-0.2, 0) is 4.74 Å². The van der Waals surface area contributed by atoms with E-state index in [2.05, 4.69) is 4.90 Å². The van der Waals surface area contributed by atoms with Crippen molar-refractivity contribution in [3.05, 3.63) is 0 Å². The minimum atomic E-state index is -0.438. The average Bonchev–Trinajstić information content (AvgIpc) is 2.27. The monoisotopic (exact) mass is 258 g/mol. The van der Waals surface area contributed by atoms with Crippen molar-refractivity contribution in [1.82, 2.24) is 9.80 Å². The fourth-order valence-electron chi connectivity index (χ4n) is 1.87. The summed E-state index contributed by atoms with van der Waals surface area (Å²) in [6, 6.07) is 0. The van der Waals surface area contributed by atoms with Gasteiger partial charge in [-0.25, -0.2) is 4.79 Å². The number of carbonyl (C=O) groups excluding carboxylic acids is 1. The fraction of sp³-hybridized carbons (Fsp3) is 0.923. The number of hydrogen-bond donors (Lipinski definition) is 1. The van der Waals surface area contributed by atoms with Crippen molar-refractivity contribution in [2.75, 3.05) is 32.7 Å². The Hall–Kier alpha value is -0.810. The number of piperazine rings is 1. The normalized spacial score (nSPS) is 19.7. The molecule has 1 aliphatic rings. The van der Waals surface area contributed by atoms with Crippen LogP contribution in [0.2, 0.25) is 0 Å². The summed E-state index contributed by atoms with van der Waals surface area (Å²) in [7, 11) is 0. The largest absolute Gasteiger partial charge is 0.444 e. The van der Waals surface area contributed by atoms with E-state index in [1.165, 1.54) is 0 Å². The number of ether oxygens (including phenoxy) is 1. The lowest BCUT2D eigenvalue weighted by atomic mass is 10.2. The SMILES string of the molecule is CC[C@H](O)CN1CCN(C(=O)OC(C)(C)C)CC1. The Morgan fingerprint density at radius 3 is 2.28 bits per heavy atom. The van der Waals surface area contributed by atoms with Crippen molar-refractivity contribution < 1.29 is 14.6 Å². The number of amides is 1. The van der Waals surface area contributed by atoms with Crippen LogP contribution in [0.3, 0.4) is 0 Å². The summed E-state index contributed by atoms with van der Waals surface area (Å²) >= 11 is 0. The Labute approximate surface area is 110 Å². The molecule has 0 aliphatic carbocycles. The van der Waals surface area contributed by atoms with Crippen LogP contribution in [0.25, 0.3) is 0 Å². The highest BCUT2D eigenvalue weighted by atomic mass is 16.6. The summed E-state index contributed by atoms with van der Waals surface area (Å²) in [6.45, 7) is 11.2. The zero-order valence-electron chi connectivity index (χ0n) is 12.0. The van der Waals surface area contributed by atoms with Crippen LogP contribution >= 0.6 is 0 Å². The van der Waals surface area contributed by atoms with Crippen molar-refractivity contribution in [1.29, 1.82) is 0 Å². The molecular formula is C13H26N2O3. The minimum Gasteiger partial charge on any atom is -0.444 e. The number of hydrogen-bond acceptors (Lipinski definition) is 4. The molecule has 1 amide bonds. The minimum absolute atomic E-state index is 0.238. The van der Waals surface area contributed by atoms with Gasteiger partial charge >= 0.3 is 6.09 Å². The Kier molecular flexibility index (Phi) is 5.41. The molecule has 5 heteroatoms. The third-order valence-electron chi connectivity index (χ3n) is 2.96. The van der Waals surface area contributed by atoms with Gasteiger partial charge in [0.25, 0.3) is 0 Å². The van der Waals surface area contributed by atoms with Gasteiger partial charge < -0.3 is 14.7 Å². The summed E-state index contributed by atoms with van der Waals surface area (Å²) in [4.78, 5) is 15.8. The van der Waals surface area contributed by atoms with Gasteiger partial charge in [-0.15, -0.1) is 0 Å². The molecule has 5 nitrogen and oxygen atoms in total. The molecule has 106 valence electrons. The van der Waals surface area contributed by atoms with Crippen LogP contribution in [0.4, 0.5) is 4.79 Å². The molecule has 0 radical (unpaired) electrons. The molecule has 0 aromatic rings. The Bertz CT molecular complexity index is 268. The predicted octanol–water partition coefficient (Wildman–Crippen LogP) is 1.31. The molecule has 0 bridgehead atoms. The number of carbonyl (C=O) groups is 1. The van der Waals surface area contributed by atoms with Gasteiger partial charge in [0.15, 0.2) is 0 Å². The first-order valence-electron chi connectivity index (χ1n) is 6.70. The highest BCUT2D eigenvalue weighted by Crippen LogP contribution is 2.12. The molecule has 0 saturated carbocycles. The van der Waals surface area contributed by atoms with E-state index in [1.807, 2.05) is 27.7 Å². The van der Waals surface area contributed by atoms with E-state index in [9.17, 15) is 9.90 Å². The first kappa shape index (κ1) is 15.2. The van der Waals surface area contributed by atoms with Gasteiger partial charge in [0.2, 0.25) is 0 Å². The third kappa shape index (κ3) is 5.23. The van der Waals surface area contributed by atoms with Crippen LogP contribution in [0.15, 0.2) is 0 Å². The second kappa shape index (κ2) is 6.38. The molecule has 1 heterocycles. The molecule has 0 aromatic heterocycles. The molecule has 1 N–H and O–H groups in total. The van der Waals surface area contributed by atoms with Gasteiger partial charge in [-0.05, 0) is 27.2 Å². The summed E-state index contributed by atoms with van der Waals surface area (Å²) < 4.78 is 5.33. The number of nitrogens with zero attached hydrogens (tertiary/aromatic N) is 2. The van der Waals surface area contributed by atoms with Crippen LogP contribution in [-0.4, -0.2) is 65.4 Å². The van der Waals surface area contributed by atoms with E-state index in [4.69, 9.17) is 4.74 Å². The van der Waals surface area contributed by atoms with E-state index in [0.717, 1.165) is 19.5 Å². The third-order valence-corrected chi connectivity index (χ3v) is 2.96. The number of β-amino-alcohol motifs (C(OH)–C–C–N with tert-alkyl or cyclic N) is 1. The van der Waals surface area contributed by atoms with E-state index in [0.29, 0.717) is 19.6 Å². The highest BCUT2D eigenvalue weighted by Gasteiger charge is 2.26. The summed E-state index contributed by atoms with van der Waals surface area (Å²) in [5.74, 6) is 0. The quantitative estimate of drug-likeness (QED) is 0.829. The van der Waals surface area contributed by atoms with Gasteiger partial charge in [-0.3, -0.25) is 4.90 Å². The summed E-state index contributed by atoms with van der Waals surface area (Å²) in [6.07, 6.45) is 0.267. The van der Waals surface area contributed by atoms with Crippen molar-refractivity contribution in [2.45, 2.75) is 45.8 Å². The zero-order chi connectivity index (χ0) is 13.8. The Morgan fingerprint density at radius 1 is 1.28 bits per heavy atom. The van der Waals surface area contributed by atoms with Crippen molar-refractivity contribution in [3.8, 4) is 0 Å². The Morgan fingerprint density at radius 2 is 1.83 bits per heavy atom. The van der Waals surface area contributed by atoms with Crippen LogP contribution in [0.5, 0.6) is 0 Å². The average molecular weight is 258 g/mol. The molecule has 0 unspecified atom stereocenters. The maximum atomic E-state index is 11.8. The maximum absolute atomic E-state index is 11.8. The lowest BCUT2D eigenvalue weighted by Crippen LogP contribution is -2.51. The molecule has 0 spiro atoms. The number of aliphatic hydroxyl groups is 1. The van der Waals surface area contributed by atoms with Crippen molar-refractivity contribution in [3.63, 3.8) is 0 Å². The van der Waals surface area contributed by atoms with Crippen molar-refractivity contribution >= 4 is 6.09 Å². The lowest BCUT2D eigenvalue weighted by Gasteiger charge is -2.36. The predicted molar refractivity (Wildman–Crippen MR) is 70.5 cm³/mol. The van der Waals surface area contributed by atoms with Gasteiger partial charge in [0.05, 0.1) is 6.10 Å². The maximum Gasteiger partial charge on any atom is 0.410 e. The molecule has 1 aliphatic heterocycles. The zero-order valence-corrected chi connectivity index (χ0v) is 12.0. The second-order valence-corrected chi connectivity index (χ2v) is 5.83. The van der Waals surface area contributed by atoms with Crippen molar-refractivity contribution in [2.24, 2.45) is 0 Å².